The van der Waals surface area contributed by atoms with Crippen molar-refractivity contribution in [3.05, 3.63) is 63.7 Å². The lowest BCUT2D eigenvalue weighted by atomic mass is 10.1. The topological polar surface area (TPSA) is 90.7 Å². The molecule has 8 heteroatoms. The number of hydrogen-bond donors (Lipinski definition) is 1. The maximum atomic E-state index is 12.3. The Morgan fingerprint density at radius 3 is 2.48 bits per heavy atom. The van der Waals surface area contributed by atoms with Crippen LogP contribution in [0.25, 0.3) is 12.2 Å². The molecule has 1 N–H and O–H groups in total. The minimum atomic E-state index is -0.734. The Morgan fingerprint density at radius 2 is 1.86 bits per heavy atom. The molecule has 0 fully saturated rings. The molecule has 2 rings (SSSR count). The van der Waals surface area contributed by atoms with Crippen LogP contribution in [-0.2, 0) is 4.74 Å². The number of amides is 1. The zero-order chi connectivity index (χ0) is 21.2. The summed E-state index contributed by atoms with van der Waals surface area (Å²) in [5.74, 6) is 0.0224. The molecule has 29 heavy (non-hydrogen) atoms. The quantitative estimate of drug-likeness (QED) is 0.342. The molecule has 1 unspecified atom stereocenters. The number of benzene rings is 2. The van der Waals surface area contributed by atoms with E-state index in [2.05, 4.69) is 5.32 Å². The normalized spacial score (nSPS) is 11.8. The fourth-order valence-electron chi connectivity index (χ4n) is 2.33. The van der Waals surface area contributed by atoms with Gasteiger partial charge in [0, 0.05) is 11.8 Å². The highest BCUT2D eigenvalue weighted by Crippen LogP contribution is 2.28. The van der Waals surface area contributed by atoms with E-state index in [9.17, 15) is 19.3 Å². The van der Waals surface area contributed by atoms with Crippen LogP contribution in [0, 0.1) is 10.1 Å². The Morgan fingerprint density at radius 1 is 1.21 bits per heavy atom. The van der Waals surface area contributed by atoms with Gasteiger partial charge in [-0.05, 0) is 48.7 Å². The van der Waals surface area contributed by atoms with Gasteiger partial charge < -0.3 is 9.47 Å². The van der Waals surface area contributed by atoms with Crippen LogP contribution in [-0.4, -0.2) is 30.4 Å². The Balaban J connectivity index is 2.05. The molecule has 1 atom stereocenters. The van der Waals surface area contributed by atoms with Crippen LogP contribution in [0.4, 0.5) is 20.6 Å². The summed E-state index contributed by atoms with van der Waals surface area (Å²) in [6.07, 6.45) is 3.64. The fourth-order valence-corrected chi connectivity index (χ4v) is 2.33. The van der Waals surface area contributed by atoms with Gasteiger partial charge in [0.05, 0.1) is 4.92 Å². The van der Waals surface area contributed by atoms with E-state index in [4.69, 9.17) is 9.47 Å². The maximum absolute atomic E-state index is 12.3. The molecule has 0 spiro atoms. The van der Waals surface area contributed by atoms with Gasteiger partial charge in [-0.2, -0.15) is 0 Å². The largest absolute Gasteiger partial charge is 0.484 e. The maximum Gasteiger partial charge on any atom is 0.411 e. The second-order valence-corrected chi connectivity index (χ2v) is 6.23. The summed E-state index contributed by atoms with van der Waals surface area (Å²) in [7, 11) is 0. The average Bonchev–Trinajstić information content (AvgIpc) is 2.71. The van der Waals surface area contributed by atoms with Crippen LogP contribution in [0.5, 0.6) is 5.75 Å². The second kappa shape index (κ2) is 10.8. The third kappa shape index (κ3) is 6.91. The first-order valence-electron chi connectivity index (χ1n) is 9.16. The molecular formula is C21H23FN2O5. The number of hydrogen-bond acceptors (Lipinski definition) is 5. The highest BCUT2D eigenvalue weighted by atomic mass is 19.1. The molecule has 0 bridgehead atoms. The van der Waals surface area contributed by atoms with E-state index in [0.29, 0.717) is 11.3 Å². The van der Waals surface area contributed by atoms with E-state index in [-0.39, 0.29) is 24.1 Å². The first kappa shape index (κ1) is 21.9. The predicted molar refractivity (Wildman–Crippen MR) is 110 cm³/mol. The number of anilines is 1. The van der Waals surface area contributed by atoms with Crippen LogP contribution >= 0.6 is 0 Å². The van der Waals surface area contributed by atoms with Crippen molar-refractivity contribution in [1.29, 1.82) is 0 Å². The highest BCUT2D eigenvalue weighted by Gasteiger charge is 2.15. The molecule has 0 aliphatic rings. The molecule has 2 aromatic carbocycles. The van der Waals surface area contributed by atoms with Crippen molar-refractivity contribution in [1.82, 2.24) is 0 Å². The first-order valence-corrected chi connectivity index (χ1v) is 9.16. The molecule has 0 radical (unpaired) electrons. The van der Waals surface area contributed by atoms with Crippen LogP contribution in [0.3, 0.4) is 0 Å². The van der Waals surface area contributed by atoms with Crippen LogP contribution < -0.4 is 10.1 Å². The van der Waals surface area contributed by atoms with Gasteiger partial charge >= 0.3 is 11.8 Å². The van der Waals surface area contributed by atoms with Crippen LogP contribution in [0.1, 0.15) is 31.4 Å². The minimum absolute atomic E-state index is 0.0224. The molecule has 154 valence electrons. The van der Waals surface area contributed by atoms with Crippen LogP contribution in [0.2, 0.25) is 0 Å². The van der Waals surface area contributed by atoms with E-state index < -0.39 is 17.7 Å². The van der Waals surface area contributed by atoms with Gasteiger partial charge in [-0.3, -0.25) is 15.4 Å². The van der Waals surface area contributed by atoms with E-state index in [1.54, 1.807) is 42.5 Å². The molecule has 1 amide bonds. The molecule has 7 nitrogen and oxygen atoms in total. The average molecular weight is 402 g/mol. The van der Waals surface area contributed by atoms with Crippen molar-refractivity contribution in [3.8, 4) is 5.75 Å². The standard InChI is InChI=1S/C21H23FN2O5/c1-3-15(2)29-21(25)23-18-9-6-16(7-10-18)4-5-17-8-11-19(24(26)27)20(14-17)28-13-12-22/h4-11,14-15H,3,12-13H2,1-2H3,(H,23,25)/b5-4+. The van der Waals surface area contributed by atoms with Gasteiger partial charge in [-0.25, -0.2) is 9.18 Å². The molecule has 0 heterocycles. The summed E-state index contributed by atoms with van der Waals surface area (Å²) in [6, 6.07) is 11.5. The summed E-state index contributed by atoms with van der Waals surface area (Å²) < 4.78 is 22.6. The Kier molecular flexibility index (Phi) is 8.14. The summed E-state index contributed by atoms with van der Waals surface area (Å²) in [6.45, 7) is 2.77. The van der Waals surface area contributed by atoms with Gasteiger partial charge in [0.2, 0.25) is 0 Å². The number of nitrogens with zero attached hydrogens (tertiary/aromatic N) is 1. The predicted octanol–water partition coefficient (Wildman–Crippen LogP) is 5.46. The molecular weight excluding hydrogens is 379 g/mol. The summed E-state index contributed by atoms with van der Waals surface area (Å²) >= 11 is 0. The van der Waals surface area contributed by atoms with Crippen molar-refractivity contribution in [3.63, 3.8) is 0 Å². The van der Waals surface area contributed by atoms with E-state index in [0.717, 1.165) is 12.0 Å². The number of alkyl halides is 1. The van der Waals surface area contributed by atoms with E-state index in [1.807, 2.05) is 13.8 Å². The highest BCUT2D eigenvalue weighted by molar-refractivity contribution is 5.85. The first-order chi connectivity index (χ1) is 13.9. The fraction of sp³-hybridized carbons (Fsp3) is 0.286. The third-order valence-electron chi connectivity index (χ3n) is 4.02. The summed E-state index contributed by atoms with van der Waals surface area (Å²) in [4.78, 5) is 22.2. The van der Waals surface area contributed by atoms with Gasteiger partial charge in [0.15, 0.2) is 5.75 Å². The van der Waals surface area contributed by atoms with Crippen molar-refractivity contribution in [2.45, 2.75) is 26.4 Å². The molecule has 0 aliphatic heterocycles. The number of nitrogens with one attached hydrogen (secondary N) is 1. The lowest BCUT2D eigenvalue weighted by Crippen LogP contribution is -2.19. The number of nitro groups is 1. The van der Waals surface area contributed by atoms with Gasteiger partial charge in [0.25, 0.3) is 0 Å². The number of halogens is 1. The van der Waals surface area contributed by atoms with Gasteiger partial charge in [0.1, 0.15) is 19.4 Å². The number of ether oxygens (including phenoxy) is 2. The van der Waals surface area contributed by atoms with Crippen LogP contribution in [0.15, 0.2) is 42.5 Å². The molecule has 0 saturated carbocycles. The molecule has 0 aliphatic carbocycles. The van der Waals surface area contributed by atoms with Crippen molar-refractivity contribution in [2.24, 2.45) is 0 Å². The molecule has 2 aromatic rings. The zero-order valence-corrected chi connectivity index (χ0v) is 16.3. The lowest BCUT2D eigenvalue weighted by molar-refractivity contribution is -0.385. The van der Waals surface area contributed by atoms with E-state index in [1.165, 1.54) is 12.1 Å². The van der Waals surface area contributed by atoms with Gasteiger partial charge in [-0.15, -0.1) is 0 Å². The number of carbonyl (C=O) groups excluding carboxylic acids is 1. The SMILES string of the molecule is CCC(C)OC(=O)Nc1ccc(/C=C/c2ccc([N+](=O)[O-])c(OCCF)c2)cc1. The zero-order valence-electron chi connectivity index (χ0n) is 16.3. The Bertz CT molecular complexity index is 868. The number of nitro benzene ring substituents is 1. The summed E-state index contributed by atoms with van der Waals surface area (Å²) in [5, 5.41) is 13.7. The summed E-state index contributed by atoms with van der Waals surface area (Å²) in [5.41, 5.74) is 1.92. The third-order valence-corrected chi connectivity index (χ3v) is 4.02. The number of rotatable bonds is 9. The Labute approximate surface area is 168 Å². The monoisotopic (exact) mass is 402 g/mol. The molecule has 0 saturated heterocycles. The van der Waals surface area contributed by atoms with Crippen molar-refractivity contribution >= 4 is 29.6 Å². The van der Waals surface area contributed by atoms with Crippen molar-refractivity contribution < 1.29 is 23.6 Å². The number of carbonyl (C=O) groups is 1. The van der Waals surface area contributed by atoms with Gasteiger partial charge in [-0.1, -0.05) is 31.2 Å². The second-order valence-electron chi connectivity index (χ2n) is 6.23. The van der Waals surface area contributed by atoms with Crippen molar-refractivity contribution in [2.75, 3.05) is 18.6 Å². The minimum Gasteiger partial charge on any atom is -0.484 e. The molecule has 0 aromatic heterocycles. The smallest absolute Gasteiger partial charge is 0.411 e. The lowest BCUT2D eigenvalue weighted by Gasteiger charge is -2.11. The Hall–Kier alpha value is -3.42. The van der Waals surface area contributed by atoms with E-state index >= 15 is 0 Å².